The zero-order valence-electron chi connectivity index (χ0n) is 11.0. The molecule has 0 bridgehead atoms. The van der Waals surface area contributed by atoms with Gasteiger partial charge in [0.1, 0.15) is 5.01 Å². The highest BCUT2D eigenvalue weighted by atomic mass is 79.9. The van der Waals surface area contributed by atoms with Crippen molar-refractivity contribution in [3.8, 4) is 0 Å². The maximum Gasteiger partial charge on any atom is 0.109 e. The van der Waals surface area contributed by atoms with Gasteiger partial charge in [0, 0.05) is 24.7 Å². The summed E-state index contributed by atoms with van der Waals surface area (Å²) in [5.74, 6) is 0. The lowest BCUT2D eigenvalue weighted by Gasteiger charge is -2.11. The maximum atomic E-state index is 4.40. The number of rotatable bonds is 4. The van der Waals surface area contributed by atoms with Gasteiger partial charge < -0.3 is 5.32 Å². The average Bonchev–Trinajstić information content (AvgIpc) is 2.83. The number of aryl methyl sites for hydroxylation is 3. The molecule has 98 valence electrons. The summed E-state index contributed by atoms with van der Waals surface area (Å²) in [6, 6.07) is 0.255. The van der Waals surface area contributed by atoms with Crippen LogP contribution in [-0.2, 0) is 13.6 Å². The van der Waals surface area contributed by atoms with Gasteiger partial charge in [0.25, 0.3) is 0 Å². The minimum absolute atomic E-state index is 0.255. The molecular weight excluding hydrogens is 312 g/mol. The van der Waals surface area contributed by atoms with Crippen LogP contribution in [0, 0.1) is 13.8 Å². The number of halogens is 1. The molecule has 0 amide bonds. The zero-order valence-corrected chi connectivity index (χ0v) is 13.4. The number of hydrogen-bond acceptors (Lipinski definition) is 4. The van der Waals surface area contributed by atoms with Gasteiger partial charge in [-0.05, 0) is 36.7 Å². The largest absolute Gasteiger partial charge is 0.302 e. The Hall–Kier alpha value is -0.720. The minimum Gasteiger partial charge on any atom is -0.302 e. The van der Waals surface area contributed by atoms with Crippen molar-refractivity contribution in [1.82, 2.24) is 20.1 Å². The van der Waals surface area contributed by atoms with Gasteiger partial charge in [-0.3, -0.25) is 4.68 Å². The van der Waals surface area contributed by atoms with Crippen LogP contribution in [0.3, 0.4) is 0 Å². The van der Waals surface area contributed by atoms with E-state index >= 15 is 0 Å². The molecule has 2 aromatic heterocycles. The van der Waals surface area contributed by atoms with Gasteiger partial charge in [-0.1, -0.05) is 0 Å². The first kappa shape index (κ1) is 13.7. The van der Waals surface area contributed by atoms with Crippen molar-refractivity contribution in [2.45, 2.75) is 33.4 Å². The van der Waals surface area contributed by atoms with Gasteiger partial charge in [0.2, 0.25) is 0 Å². The minimum atomic E-state index is 0.255. The first-order valence-electron chi connectivity index (χ1n) is 5.82. The highest BCUT2D eigenvalue weighted by Crippen LogP contribution is 2.22. The Bertz CT molecular complexity index is 546. The standard InChI is InChI=1S/C12H17BrN4S/c1-7-5-15-12(18-7)9(3)14-6-10-11(13)8(2)16-17(10)4/h5,9,14H,6H2,1-4H3. The molecule has 4 nitrogen and oxygen atoms in total. The van der Waals surface area contributed by atoms with E-state index in [9.17, 15) is 0 Å². The van der Waals surface area contributed by atoms with E-state index < -0.39 is 0 Å². The van der Waals surface area contributed by atoms with Crippen LogP contribution in [0.4, 0.5) is 0 Å². The Balaban J connectivity index is 2.03. The van der Waals surface area contributed by atoms with Gasteiger partial charge in [-0.15, -0.1) is 11.3 Å². The Morgan fingerprint density at radius 3 is 2.72 bits per heavy atom. The van der Waals surface area contributed by atoms with Gasteiger partial charge in [-0.25, -0.2) is 4.98 Å². The van der Waals surface area contributed by atoms with Crippen LogP contribution in [0.2, 0.25) is 0 Å². The third kappa shape index (κ3) is 2.81. The fourth-order valence-electron chi connectivity index (χ4n) is 1.78. The van der Waals surface area contributed by atoms with Crippen molar-refractivity contribution >= 4 is 27.3 Å². The molecule has 2 aromatic rings. The van der Waals surface area contributed by atoms with Crippen molar-refractivity contribution in [3.63, 3.8) is 0 Å². The molecule has 0 aliphatic carbocycles. The molecule has 1 unspecified atom stereocenters. The van der Waals surface area contributed by atoms with E-state index in [4.69, 9.17) is 0 Å². The number of aromatic nitrogens is 3. The van der Waals surface area contributed by atoms with E-state index in [1.807, 2.05) is 24.9 Å². The highest BCUT2D eigenvalue weighted by molar-refractivity contribution is 9.10. The molecular formula is C12H17BrN4S. The molecule has 18 heavy (non-hydrogen) atoms. The van der Waals surface area contributed by atoms with E-state index in [0.29, 0.717) is 0 Å². The van der Waals surface area contributed by atoms with E-state index in [0.717, 1.165) is 27.4 Å². The fourth-order valence-corrected chi connectivity index (χ4v) is 3.06. The molecule has 1 N–H and O–H groups in total. The lowest BCUT2D eigenvalue weighted by molar-refractivity contribution is 0.545. The summed E-state index contributed by atoms with van der Waals surface area (Å²) in [4.78, 5) is 5.65. The number of nitrogens with one attached hydrogen (secondary N) is 1. The molecule has 0 aromatic carbocycles. The predicted molar refractivity (Wildman–Crippen MR) is 77.8 cm³/mol. The molecule has 0 saturated heterocycles. The summed E-state index contributed by atoms with van der Waals surface area (Å²) in [5.41, 5.74) is 2.18. The predicted octanol–water partition coefficient (Wildman–Crippen LogP) is 3.11. The Kier molecular flexibility index (Phi) is 4.19. The second-order valence-corrected chi connectivity index (χ2v) is 6.44. The van der Waals surface area contributed by atoms with Crippen molar-refractivity contribution in [2.24, 2.45) is 7.05 Å². The summed E-state index contributed by atoms with van der Waals surface area (Å²) in [6.07, 6.45) is 1.92. The molecule has 0 fully saturated rings. The summed E-state index contributed by atoms with van der Waals surface area (Å²) in [6.45, 7) is 6.99. The van der Waals surface area contributed by atoms with Crippen molar-refractivity contribution in [1.29, 1.82) is 0 Å². The maximum absolute atomic E-state index is 4.40. The molecule has 2 heterocycles. The Morgan fingerprint density at radius 1 is 1.50 bits per heavy atom. The molecule has 0 aliphatic rings. The molecule has 0 radical (unpaired) electrons. The van der Waals surface area contributed by atoms with E-state index in [2.05, 4.69) is 45.2 Å². The molecule has 2 rings (SSSR count). The summed E-state index contributed by atoms with van der Waals surface area (Å²) >= 11 is 5.31. The van der Waals surface area contributed by atoms with Crippen LogP contribution in [0.5, 0.6) is 0 Å². The normalized spacial score (nSPS) is 12.9. The van der Waals surface area contributed by atoms with Crippen LogP contribution in [0.1, 0.15) is 34.2 Å². The first-order chi connectivity index (χ1) is 8.49. The van der Waals surface area contributed by atoms with Crippen LogP contribution in [0.15, 0.2) is 10.7 Å². The first-order valence-corrected chi connectivity index (χ1v) is 7.43. The monoisotopic (exact) mass is 328 g/mol. The third-order valence-electron chi connectivity index (χ3n) is 2.85. The third-order valence-corrected chi connectivity index (χ3v) is 4.97. The molecule has 0 spiro atoms. The molecule has 0 saturated carbocycles. The molecule has 6 heteroatoms. The molecule has 0 aliphatic heterocycles. The second kappa shape index (κ2) is 5.50. The van der Waals surface area contributed by atoms with Crippen LogP contribution in [-0.4, -0.2) is 14.8 Å². The van der Waals surface area contributed by atoms with Crippen molar-refractivity contribution in [2.75, 3.05) is 0 Å². The fraction of sp³-hybridized carbons (Fsp3) is 0.500. The number of thiazole rings is 1. The average molecular weight is 329 g/mol. The van der Waals surface area contributed by atoms with E-state index in [1.165, 1.54) is 4.88 Å². The van der Waals surface area contributed by atoms with Crippen LogP contribution >= 0.6 is 27.3 Å². The smallest absolute Gasteiger partial charge is 0.109 e. The van der Waals surface area contributed by atoms with E-state index in [-0.39, 0.29) is 6.04 Å². The van der Waals surface area contributed by atoms with Gasteiger partial charge in [-0.2, -0.15) is 5.10 Å². The topological polar surface area (TPSA) is 42.7 Å². The van der Waals surface area contributed by atoms with Gasteiger partial charge in [0.15, 0.2) is 0 Å². The Morgan fingerprint density at radius 2 is 2.22 bits per heavy atom. The van der Waals surface area contributed by atoms with Crippen LogP contribution < -0.4 is 5.32 Å². The van der Waals surface area contributed by atoms with Crippen molar-refractivity contribution < 1.29 is 0 Å². The van der Waals surface area contributed by atoms with Crippen molar-refractivity contribution in [3.05, 3.63) is 31.9 Å². The lowest BCUT2D eigenvalue weighted by Crippen LogP contribution is -2.19. The summed E-state index contributed by atoms with van der Waals surface area (Å²) < 4.78 is 2.99. The Labute approximate surface area is 120 Å². The number of hydrogen-bond donors (Lipinski definition) is 1. The van der Waals surface area contributed by atoms with Gasteiger partial charge >= 0.3 is 0 Å². The molecule has 1 atom stereocenters. The quantitative estimate of drug-likeness (QED) is 0.937. The van der Waals surface area contributed by atoms with Gasteiger partial charge in [0.05, 0.1) is 21.9 Å². The second-order valence-electron chi connectivity index (χ2n) is 4.38. The van der Waals surface area contributed by atoms with Crippen LogP contribution in [0.25, 0.3) is 0 Å². The SMILES string of the molecule is Cc1cnc(C(C)NCc2c(Br)c(C)nn2C)s1. The summed E-state index contributed by atoms with van der Waals surface area (Å²) in [7, 11) is 1.97. The van der Waals surface area contributed by atoms with E-state index in [1.54, 1.807) is 11.3 Å². The number of nitrogens with zero attached hydrogens (tertiary/aromatic N) is 3. The highest BCUT2D eigenvalue weighted by Gasteiger charge is 2.13. The summed E-state index contributed by atoms with van der Waals surface area (Å²) in [5, 5.41) is 8.99. The zero-order chi connectivity index (χ0) is 13.3. The lowest BCUT2D eigenvalue weighted by atomic mass is 10.3.